The first-order chi connectivity index (χ1) is 10.8. The number of anilines is 1. The Hall–Kier alpha value is -1.85. The first kappa shape index (κ1) is 15.1. The van der Waals surface area contributed by atoms with E-state index >= 15 is 0 Å². The van der Waals surface area contributed by atoms with Crippen LogP contribution in [0, 0.1) is 0 Å². The summed E-state index contributed by atoms with van der Waals surface area (Å²) in [6.07, 6.45) is 3.13. The van der Waals surface area contributed by atoms with Gasteiger partial charge in [-0.25, -0.2) is 4.98 Å². The van der Waals surface area contributed by atoms with Crippen LogP contribution in [0.1, 0.15) is 11.4 Å². The molecule has 3 rings (SSSR count). The maximum atomic E-state index is 12.1. The van der Waals surface area contributed by atoms with E-state index in [2.05, 4.69) is 16.4 Å². The topological polar surface area (TPSA) is 42.0 Å². The number of hydrogen-bond donors (Lipinski definition) is 1. The standard InChI is InChI=1S/C17H16N2OS2/c1-21-14-8-4-2-6-12(14)18-16(20)10-11-17-19-13-7-3-5-9-15(13)22-17/h2-9H,10-11H2,1H3,(H,18,20). The molecule has 1 amide bonds. The molecule has 2 aromatic carbocycles. The number of para-hydroxylation sites is 2. The van der Waals surface area contributed by atoms with E-state index in [1.54, 1.807) is 23.1 Å². The van der Waals surface area contributed by atoms with E-state index in [4.69, 9.17) is 0 Å². The number of thioether (sulfide) groups is 1. The van der Waals surface area contributed by atoms with Crippen LogP contribution in [0.25, 0.3) is 10.2 Å². The summed E-state index contributed by atoms with van der Waals surface area (Å²) >= 11 is 3.29. The van der Waals surface area contributed by atoms with Crippen molar-refractivity contribution in [3.8, 4) is 0 Å². The van der Waals surface area contributed by atoms with Crippen LogP contribution >= 0.6 is 23.1 Å². The van der Waals surface area contributed by atoms with Crippen LogP contribution in [0.4, 0.5) is 5.69 Å². The lowest BCUT2D eigenvalue weighted by atomic mass is 10.2. The zero-order chi connectivity index (χ0) is 15.4. The van der Waals surface area contributed by atoms with E-state index in [9.17, 15) is 4.79 Å². The molecule has 0 aliphatic heterocycles. The maximum absolute atomic E-state index is 12.1. The number of hydrogen-bond acceptors (Lipinski definition) is 4. The minimum Gasteiger partial charge on any atom is -0.325 e. The fourth-order valence-corrected chi connectivity index (χ4v) is 3.73. The van der Waals surface area contributed by atoms with Crippen LogP contribution in [-0.2, 0) is 11.2 Å². The molecule has 0 atom stereocenters. The van der Waals surface area contributed by atoms with Gasteiger partial charge < -0.3 is 5.32 Å². The first-order valence-electron chi connectivity index (χ1n) is 7.03. The number of nitrogens with zero attached hydrogens (tertiary/aromatic N) is 1. The zero-order valence-corrected chi connectivity index (χ0v) is 13.8. The van der Waals surface area contributed by atoms with E-state index in [0.717, 1.165) is 21.1 Å². The molecule has 0 fully saturated rings. The Kier molecular flexibility index (Phi) is 4.75. The van der Waals surface area contributed by atoms with Crippen molar-refractivity contribution in [2.45, 2.75) is 17.7 Å². The Labute approximate surface area is 137 Å². The molecule has 0 aliphatic carbocycles. The Bertz CT molecular complexity index is 765. The number of fused-ring (bicyclic) bond motifs is 1. The Balaban J connectivity index is 1.62. The fraction of sp³-hybridized carbons (Fsp3) is 0.176. The average molecular weight is 328 g/mol. The molecule has 0 saturated heterocycles. The zero-order valence-electron chi connectivity index (χ0n) is 12.2. The summed E-state index contributed by atoms with van der Waals surface area (Å²) in [5.41, 5.74) is 1.89. The van der Waals surface area contributed by atoms with Crippen molar-refractivity contribution in [2.75, 3.05) is 11.6 Å². The van der Waals surface area contributed by atoms with E-state index in [-0.39, 0.29) is 5.91 Å². The van der Waals surface area contributed by atoms with E-state index in [1.807, 2.05) is 48.7 Å². The molecule has 1 N–H and O–H groups in total. The van der Waals surface area contributed by atoms with E-state index in [1.165, 1.54) is 4.70 Å². The van der Waals surface area contributed by atoms with Crippen molar-refractivity contribution in [3.63, 3.8) is 0 Å². The molecule has 22 heavy (non-hydrogen) atoms. The Morgan fingerprint density at radius 1 is 1.18 bits per heavy atom. The van der Waals surface area contributed by atoms with Gasteiger partial charge in [0.2, 0.25) is 5.91 Å². The molecule has 0 unspecified atom stereocenters. The smallest absolute Gasteiger partial charge is 0.224 e. The summed E-state index contributed by atoms with van der Waals surface area (Å²) in [6.45, 7) is 0. The van der Waals surface area contributed by atoms with E-state index in [0.29, 0.717) is 12.8 Å². The first-order valence-corrected chi connectivity index (χ1v) is 9.08. The third kappa shape index (κ3) is 3.48. The Morgan fingerprint density at radius 3 is 2.77 bits per heavy atom. The normalized spacial score (nSPS) is 10.8. The number of aryl methyl sites for hydroxylation is 1. The summed E-state index contributed by atoms with van der Waals surface area (Å²) in [5, 5.41) is 3.99. The second kappa shape index (κ2) is 6.94. The van der Waals surface area contributed by atoms with Crippen LogP contribution in [0.2, 0.25) is 0 Å². The number of rotatable bonds is 5. The lowest BCUT2D eigenvalue weighted by Crippen LogP contribution is -2.12. The molecule has 0 spiro atoms. The van der Waals surface area contributed by atoms with Crippen molar-refractivity contribution in [2.24, 2.45) is 0 Å². The van der Waals surface area contributed by atoms with Gasteiger partial charge in [0.15, 0.2) is 0 Å². The van der Waals surface area contributed by atoms with Crippen LogP contribution in [0.3, 0.4) is 0 Å². The highest BCUT2D eigenvalue weighted by Gasteiger charge is 2.09. The quantitative estimate of drug-likeness (QED) is 0.697. The van der Waals surface area contributed by atoms with Crippen molar-refractivity contribution in [3.05, 3.63) is 53.5 Å². The van der Waals surface area contributed by atoms with Gasteiger partial charge in [-0.3, -0.25) is 4.79 Å². The minimum atomic E-state index is 0.0285. The van der Waals surface area contributed by atoms with Crippen molar-refractivity contribution in [1.82, 2.24) is 4.98 Å². The SMILES string of the molecule is CSc1ccccc1NC(=O)CCc1nc2ccccc2s1. The molecule has 1 aromatic heterocycles. The molecule has 1 heterocycles. The van der Waals surface area contributed by atoms with Gasteiger partial charge in [-0.15, -0.1) is 23.1 Å². The highest BCUT2D eigenvalue weighted by molar-refractivity contribution is 7.98. The van der Waals surface area contributed by atoms with Crippen molar-refractivity contribution in [1.29, 1.82) is 0 Å². The van der Waals surface area contributed by atoms with Gasteiger partial charge in [0.05, 0.1) is 20.9 Å². The van der Waals surface area contributed by atoms with E-state index < -0.39 is 0 Å². The van der Waals surface area contributed by atoms with Crippen LogP contribution in [-0.4, -0.2) is 17.1 Å². The number of nitrogens with one attached hydrogen (secondary N) is 1. The highest BCUT2D eigenvalue weighted by Crippen LogP contribution is 2.25. The van der Waals surface area contributed by atoms with Gasteiger partial charge in [-0.2, -0.15) is 0 Å². The van der Waals surface area contributed by atoms with Gasteiger partial charge in [0, 0.05) is 17.7 Å². The number of amides is 1. The van der Waals surface area contributed by atoms with Crippen LogP contribution in [0.5, 0.6) is 0 Å². The van der Waals surface area contributed by atoms with Crippen LogP contribution in [0.15, 0.2) is 53.4 Å². The van der Waals surface area contributed by atoms with Crippen molar-refractivity contribution < 1.29 is 4.79 Å². The molecule has 0 saturated carbocycles. The molecule has 112 valence electrons. The van der Waals surface area contributed by atoms with Crippen LogP contribution < -0.4 is 5.32 Å². The molecular weight excluding hydrogens is 312 g/mol. The second-order valence-electron chi connectivity index (χ2n) is 4.82. The predicted molar refractivity (Wildman–Crippen MR) is 94.8 cm³/mol. The summed E-state index contributed by atoms with van der Waals surface area (Å²) in [4.78, 5) is 17.8. The summed E-state index contributed by atoms with van der Waals surface area (Å²) in [5.74, 6) is 0.0285. The average Bonchev–Trinajstić information content (AvgIpc) is 2.96. The van der Waals surface area contributed by atoms with Crippen molar-refractivity contribution >= 4 is 44.9 Å². The van der Waals surface area contributed by atoms with Gasteiger partial charge in [0.1, 0.15) is 0 Å². The fourth-order valence-electron chi connectivity index (χ4n) is 2.21. The highest BCUT2D eigenvalue weighted by atomic mass is 32.2. The summed E-state index contributed by atoms with van der Waals surface area (Å²) in [7, 11) is 0. The second-order valence-corrected chi connectivity index (χ2v) is 6.79. The number of aromatic nitrogens is 1. The number of benzene rings is 2. The molecule has 0 bridgehead atoms. The molecule has 3 aromatic rings. The van der Waals surface area contributed by atoms with Gasteiger partial charge >= 0.3 is 0 Å². The lowest BCUT2D eigenvalue weighted by molar-refractivity contribution is -0.116. The molecular formula is C17H16N2OS2. The molecule has 5 heteroatoms. The minimum absolute atomic E-state index is 0.0285. The number of carbonyl (C=O) groups is 1. The lowest BCUT2D eigenvalue weighted by Gasteiger charge is -2.08. The predicted octanol–water partition coefficient (Wildman–Crippen LogP) is 4.59. The molecule has 0 radical (unpaired) electrons. The van der Waals surface area contributed by atoms with Gasteiger partial charge in [-0.1, -0.05) is 24.3 Å². The van der Waals surface area contributed by atoms with Gasteiger partial charge in [0.25, 0.3) is 0 Å². The van der Waals surface area contributed by atoms with Gasteiger partial charge in [-0.05, 0) is 30.5 Å². The maximum Gasteiger partial charge on any atom is 0.224 e. The third-order valence-electron chi connectivity index (χ3n) is 3.29. The Morgan fingerprint density at radius 2 is 1.95 bits per heavy atom. The third-order valence-corrected chi connectivity index (χ3v) is 5.18. The molecule has 0 aliphatic rings. The summed E-state index contributed by atoms with van der Waals surface area (Å²) in [6, 6.07) is 15.9. The monoisotopic (exact) mass is 328 g/mol. The summed E-state index contributed by atoms with van der Waals surface area (Å²) < 4.78 is 1.17. The largest absolute Gasteiger partial charge is 0.325 e. The number of thiazole rings is 1. The molecule has 3 nitrogen and oxygen atoms in total. The number of carbonyl (C=O) groups excluding carboxylic acids is 1.